The van der Waals surface area contributed by atoms with Crippen LogP contribution in [0.15, 0.2) is 28.8 Å². The molecule has 2 heterocycles. The van der Waals surface area contributed by atoms with E-state index in [1.54, 1.807) is 38.1 Å². The van der Waals surface area contributed by atoms with Crippen molar-refractivity contribution in [3.8, 4) is 11.3 Å². The first kappa shape index (κ1) is 20.2. The Morgan fingerprint density at radius 2 is 1.96 bits per heavy atom. The Labute approximate surface area is 163 Å². The SMILES string of the molecule is CCN(c1ccc(-c2onc(C)c2NC(=O)O)cc1)S(=O)(=O)C1CCNCC1. The molecule has 1 aliphatic heterocycles. The van der Waals surface area contributed by atoms with Crippen molar-refractivity contribution in [1.29, 1.82) is 0 Å². The summed E-state index contributed by atoms with van der Waals surface area (Å²) >= 11 is 0. The van der Waals surface area contributed by atoms with E-state index < -0.39 is 21.4 Å². The van der Waals surface area contributed by atoms with E-state index in [2.05, 4.69) is 15.8 Å². The Morgan fingerprint density at radius 3 is 2.54 bits per heavy atom. The van der Waals surface area contributed by atoms with E-state index in [1.807, 2.05) is 0 Å². The molecule has 28 heavy (non-hydrogen) atoms. The highest BCUT2D eigenvalue weighted by molar-refractivity contribution is 7.93. The quantitative estimate of drug-likeness (QED) is 0.671. The van der Waals surface area contributed by atoms with Crippen molar-refractivity contribution in [2.45, 2.75) is 31.9 Å². The zero-order valence-corrected chi connectivity index (χ0v) is 16.6. The average Bonchev–Trinajstić information content (AvgIpc) is 3.03. The Kier molecular flexibility index (Phi) is 5.90. The molecule has 0 bridgehead atoms. The number of carbonyl (C=O) groups is 1. The lowest BCUT2D eigenvalue weighted by molar-refractivity contribution is 0.209. The summed E-state index contributed by atoms with van der Waals surface area (Å²) in [6.07, 6.45) is -0.0221. The highest BCUT2D eigenvalue weighted by Crippen LogP contribution is 2.33. The lowest BCUT2D eigenvalue weighted by Crippen LogP contribution is -2.44. The van der Waals surface area contributed by atoms with Gasteiger partial charge in [-0.1, -0.05) is 5.16 Å². The number of benzene rings is 1. The van der Waals surface area contributed by atoms with Crippen LogP contribution in [0.3, 0.4) is 0 Å². The van der Waals surface area contributed by atoms with Crippen molar-refractivity contribution in [3.63, 3.8) is 0 Å². The van der Waals surface area contributed by atoms with E-state index in [9.17, 15) is 13.2 Å². The monoisotopic (exact) mass is 408 g/mol. The number of hydrogen-bond acceptors (Lipinski definition) is 6. The van der Waals surface area contributed by atoms with Crippen molar-refractivity contribution in [2.24, 2.45) is 0 Å². The summed E-state index contributed by atoms with van der Waals surface area (Å²) in [4.78, 5) is 11.0. The van der Waals surface area contributed by atoms with Crippen LogP contribution in [-0.2, 0) is 10.0 Å². The molecule has 3 N–H and O–H groups in total. The van der Waals surface area contributed by atoms with Crippen LogP contribution in [0.5, 0.6) is 0 Å². The minimum absolute atomic E-state index is 0.273. The first-order chi connectivity index (χ1) is 13.3. The molecule has 0 saturated carbocycles. The minimum atomic E-state index is -3.46. The number of anilines is 2. The van der Waals surface area contributed by atoms with Gasteiger partial charge in [0.2, 0.25) is 10.0 Å². The molecule has 3 rings (SSSR count). The van der Waals surface area contributed by atoms with Gasteiger partial charge in [0.15, 0.2) is 5.76 Å². The average molecular weight is 408 g/mol. The fourth-order valence-corrected chi connectivity index (χ4v) is 5.35. The summed E-state index contributed by atoms with van der Waals surface area (Å²) in [5.41, 5.74) is 1.86. The lowest BCUT2D eigenvalue weighted by atomic mass is 10.1. The van der Waals surface area contributed by atoms with Gasteiger partial charge >= 0.3 is 6.09 Å². The summed E-state index contributed by atoms with van der Waals surface area (Å²) in [5.74, 6) is 0.288. The molecule has 0 atom stereocenters. The van der Waals surface area contributed by atoms with Crippen molar-refractivity contribution < 1.29 is 22.8 Å². The number of carboxylic acid groups (broad SMARTS) is 1. The van der Waals surface area contributed by atoms with Crippen LogP contribution < -0.4 is 14.9 Å². The number of rotatable bonds is 6. The number of sulfonamides is 1. The molecule has 1 aromatic carbocycles. The number of nitrogens with one attached hydrogen (secondary N) is 2. The second-order valence-electron chi connectivity index (χ2n) is 6.61. The van der Waals surface area contributed by atoms with Crippen LogP contribution in [0.1, 0.15) is 25.5 Å². The molecule has 1 aromatic heterocycles. The van der Waals surface area contributed by atoms with Gasteiger partial charge in [0.1, 0.15) is 11.4 Å². The van der Waals surface area contributed by atoms with E-state index in [4.69, 9.17) is 9.63 Å². The van der Waals surface area contributed by atoms with Gasteiger partial charge in [0.05, 0.1) is 10.9 Å². The third-order valence-corrected chi connectivity index (χ3v) is 7.21. The first-order valence-electron chi connectivity index (χ1n) is 9.13. The van der Waals surface area contributed by atoms with E-state index in [0.29, 0.717) is 49.4 Å². The molecule has 9 nitrogen and oxygen atoms in total. The Balaban J connectivity index is 1.88. The summed E-state index contributed by atoms with van der Waals surface area (Å²) < 4.78 is 32.8. The molecule has 0 spiro atoms. The molecule has 1 amide bonds. The number of amides is 1. The molecule has 1 fully saturated rings. The highest BCUT2D eigenvalue weighted by atomic mass is 32.2. The largest absolute Gasteiger partial charge is 0.465 e. The maximum absolute atomic E-state index is 13.0. The zero-order chi connectivity index (χ0) is 20.3. The minimum Gasteiger partial charge on any atom is -0.465 e. The van der Waals surface area contributed by atoms with E-state index in [-0.39, 0.29) is 11.4 Å². The molecule has 0 unspecified atom stereocenters. The van der Waals surface area contributed by atoms with Crippen molar-refractivity contribution in [3.05, 3.63) is 30.0 Å². The molecule has 0 radical (unpaired) electrons. The van der Waals surface area contributed by atoms with Crippen LogP contribution in [0.25, 0.3) is 11.3 Å². The van der Waals surface area contributed by atoms with E-state index >= 15 is 0 Å². The lowest BCUT2D eigenvalue weighted by Gasteiger charge is -2.30. The number of hydrogen-bond donors (Lipinski definition) is 3. The van der Waals surface area contributed by atoms with Crippen molar-refractivity contribution in [1.82, 2.24) is 10.5 Å². The van der Waals surface area contributed by atoms with Gasteiger partial charge in [-0.25, -0.2) is 13.2 Å². The third kappa shape index (κ3) is 3.97. The van der Waals surface area contributed by atoms with E-state index in [0.717, 1.165) is 0 Å². The normalized spacial score (nSPS) is 15.4. The molecule has 152 valence electrons. The number of nitrogens with zero attached hydrogens (tertiary/aromatic N) is 2. The third-order valence-electron chi connectivity index (χ3n) is 4.81. The molecule has 1 saturated heterocycles. The maximum atomic E-state index is 13.0. The van der Waals surface area contributed by atoms with Gasteiger partial charge < -0.3 is 14.9 Å². The Morgan fingerprint density at radius 1 is 1.32 bits per heavy atom. The van der Waals surface area contributed by atoms with Crippen LogP contribution >= 0.6 is 0 Å². The topological polar surface area (TPSA) is 125 Å². The van der Waals surface area contributed by atoms with Gasteiger partial charge in [-0.15, -0.1) is 0 Å². The molecule has 0 aliphatic carbocycles. The van der Waals surface area contributed by atoms with Gasteiger partial charge in [-0.05, 0) is 64.0 Å². The number of piperidine rings is 1. The Hall–Kier alpha value is -2.59. The molecule has 1 aliphatic rings. The summed E-state index contributed by atoms with van der Waals surface area (Å²) in [5, 5.41) is 17.9. The summed E-state index contributed by atoms with van der Waals surface area (Å²) in [6, 6.07) is 6.78. The standard InChI is InChI=1S/C18H24N4O5S/c1-3-22(28(25,26)15-8-10-19-11-9-15)14-6-4-13(5-7-14)17-16(20-18(23)24)12(2)21-27-17/h4-7,15,19-20H,3,8-11H2,1-2H3,(H,23,24). The fourth-order valence-electron chi connectivity index (χ4n) is 3.38. The van der Waals surface area contributed by atoms with Gasteiger partial charge in [-0.3, -0.25) is 9.62 Å². The summed E-state index contributed by atoms with van der Waals surface area (Å²) in [7, 11) is -3.46. The second-order valence-corrected chi connectivity index (χ2v) is 8.75. The van der Waals surface area contributed by atoms with Crippen molar-refractivity contribution in [2.75, 3.05) is 29.3 Å². The molecule has 2 aromatic rings. The van der Waals surface area contributed by atoms with Gasteiger partial charge in [-0.2, -0.15) is 0 Å². The number of aromatic nitrogens is 1. The predicted molar refractivity (Wildman–Crippen MR) is 106 cm³/mol. The smallest absolute Gasteiger partial charge is 0.409 e. The maximum Gasteiger partial charge on any atom is 0.409 e. The Bertz CT molecular complexity index is 933. The van der Waals surface area contributed by atoms with Gasteiger partial charge in [0.25, 0.3) is 0 Å². The van der Waals surface area contributed by atoms with E-state index in [1.165, 1.54) is 4.31 Å². The van der Waals surface area contributed by atoms with Crippen LogP contribution in [-0.4, -0.2) is 49.7 Å². The molecular formula is C18H24N4O5S. The summed E-state index contributed by atoms with van der Waals surface area (Å²) in [6.45, 7) is 5.17. The predicted octanol–water partition coefficient (Wildman–Crippen LogP) is 2.65. The zero-order valence-electron chi connectivity index (χ0n) is 15.8. The van der Waals surface area contributed by atoms with Crippen LogP contribution in [0, 0.1) is 6.92 Å². The number of aryl methyl sites for hydroxylation is 1. The second kappa shape index (κ2) is 8.19. The first-order valence-corrected chi connectivity index (χ1v) is 10.6. The van der Waals surface area contributed by atoms with Crippen molar-refractivity contribution >= 4 is 27.5 Å². The van der Waals surface area contributed by atoms with Gasteiger partial charge in [0, 0.05) is 12.1 Å². The molecular weight excluding hydrogens is 384 g/mol. The van der Waals surface area contributed by atoms with Crippen LogP contribution in [0.2, 0.25) is 0 Å². The highest BCUT2D eigenvalue weighted by Gasteiger charge is 2.32. The fraction of sp³-hybridized carbons (Fsp3) is 0.444. The van der Waals surface area contributed by atoms with Crippen LogP contribution in [0.4, 0.5) is 16.2 Å². The molecule has 10 heteroatoms.